The van der Waals surface area contributed by atoms with E-state index >= 15 is 0 Å². The van der Waals surface area contributed by atoms with Crippen molar-refractivity contribution >= 4 is 5.91 Å². The number of aliphatic hydroxyl groups is 1. The summed E-state index contributed by atoms with van der Waals surface area (Å²) >= 11 is 0. The Bertz CT molecular complexity index is 263. The molecule has 0 bridgehead atoms. The molecule has 1 saturated heterocycles. The molecule has 0 aromatic rings. The van der Waals surface area contributed by atoms with Crippen LogP contribution < -0.4 is 10.6 Å². The highest BCUT2D eigenvalue weighted by molar-refractivity contribution is 5.75. The van der Waals surface area contributed by atoms with E-state index in [4.69, 9.17) is 4.74 Å². The molecule has 0 radical (unpaired) electrons. The van der Waals surface area contributed by atoms with E-state index in [-0.39, 0.29) is 12.5 Å². The predicted octanol–water partition coefficient (Wildman–Crippen LogP) is 0.812. The van der Waals surface area contributed by atoms with E-state index in [0.29, 0.717) is 25.5 Å². The molecule has 0 aromatic heterocycles. The normalized spacial score (nSPS) is 22.8. The quantitative estimate of drug-likeness (QED) is 0.611. The predicted molar refractivity (Wildman–Crippen MR) is 75.0 cm³/mol. The van der Waals surface area contributed by atoms with Gasteiger partial charge in [-0.25, -0.2) is 0 Å². The van der Waals surface area contributed by atoms with Crippen LogP contribution in [-0.2, 0) is 9.53 Å². The van der Waals surface area contributed by atoms with Gasteiger partial charge in [0.15, 0.2) is 0 Å². The molecule has 5 nitrogen and oxygen atoms in total. The summed E-state index contributed by atoms with van der Waals surface area (Å²) in [5.74, 6) is 0.0186. The minimum absolute atomic E-state index is 0.0186. The highest BCUT2D eigenvalue weighted by Gasteiger charge is 2.21. The second-order valence-corrected chi connectivity index (χ2v) is 5.70. The molecule has 0 aliphatic carbocycles. The molecule has 2 unspecified atom stereocenters. The SMILES string of the molecule is COCCC(C)(O)CNC(=O)CCC1CCCCN1. The zero-order chi connectivity index (χ0) is 14.1. The van der Waals surface area contributed by atoms with E-state index in [1.54, 1.807) is 14.0 Å². The summed E-state index contributed by atoms with van der Waals surface area (Å²) in [7, 11) is 1.60. The zero-order valence-electron chi connectivity index (χ0n) is 12.2. The second-order valence-electron chi connectivity index (χ2n) is 5.70. The molecular formula is C14H28N2O3. The summed E-state index contributed by atoms with van der Waals surface area (Å²) in [4.78, 5) is 11.7. The number of piperidine rings is 1. The van der Waals surface area contributed by atoms with Gasteiger partial charge in [-0.2, -0.15) is 0 Å². The molecular weight excluding hydrogens is 244 g/mol. The van der Waals surface area contributed by atoms with Crippen LogP contribution in [0, 0.1) is 0 Å². The van der Waals surface area contributed by atoms with E-state index in [2.05, 4.69) is 10.6 Å². The molecule has 0 aromatic carbocycles. The number of amides is 1. The van der Waals surface area contributed by atoms with Crippen molar-refractivity contribution in [2.45, 2.75) is 57.1 Å². The molecule has 1 heterocycles. The largest absolute Gasteiger partial charge is 0.388 e. The van der Waals surface area contributed by atoms with E-state index in [9.17, 15) is 9.90 Å². The number of ether oxygens (including phenoxy) is 1. The van der Waals surface area contributed by atoms with Crippen molar-refractivity contribution in [2.24, 2.45) is 0 Å². The molecule has 112 valence electrons. The number of carbonyl (C=O) groups excluding carboxylic acids is 1. The Labute approximate surface area is 116 Å². The lowest BCUT2D eigenvalue weighted by Gasteiger charge is -2.25. The van der Waals surface area contributed by atoms with Crippen molar-refractivity contribution in [1.82, 2.24) is 10.6 Å². The van der Waals surface area contributed by atoms with E-state index < -0.39 is 5.60 Å². The van der Waals surface area contributed by atoms with Crippen LogP contribution in [-0.4, -0.2) is 49.5 Å². The maximum atomic E-state index is 11.7. The average molecular weight is 272 g/mol. The van der Waals surface area contributed by atoms with Gasteiger partial charge in [0.05, 0.1) is 5.60 Å². The molecule has 5 heteroatoms. The van der Waals surface area contributed by atoms with Crippen molar-refractivity contribution in [1.29, 1.82) is 0 Å². The Morgan fingerprint density at radius 1 is 1.53 bits per heavy atom. The summed E-state index contributed by atoms with van der Waals surface area (Å²) in [6, 6.07) is 0.480. The molecule has 2 atom stereocenters. The fourth-order valence-corrected chi connectivity index (χ4v) is 2.26. The van der Waals surface area contributed by atoms with Gasteiger partial charge in [-0.3, -0.25) is 4.79 Å². The topological polar surface area (TPSA) is 70.6 Å². The average Bonchev–Trinajstić information content (AvgIpc) is 2.42. The first kappa shape index (κ1) is 16.4. The minimum atomic E-state index is -0.894. The van der Waals surface area contributed by atoms with Crippen LogP contribution in [0.4, 0.5) is 0 Å². The van der Waals surface area contributed by atoms with Crippen molar-refractivity contribution in [3.8, 4) is 0 Å². The van der Waals surface area contributed by atoms with Crippen molar-refractivity contribution in [3.63, 3.8) is 0 Å². The molecule has 19 heavy (non-hydrogen) atoms. The third kappa shape index (κ3) is 7.50. The van der Waals surface area contributed by atoms with Gasteiger partial charge < -0.3 is 20.5 Å². The lowest BCUT2D eigenvalue weighted by molar-refractivity contribution is -0.122. The molecule has 1 aliphatic heterocycles. The van der Waals surface area contributed by atoms with Crippen molar-refractivity contribution < 1.29 is 14.6 Å². The lowest BCUT2D eigenvalue weighted by Crippen LogP contribution is -2.42. The summed E-state index contributed by atoms with van der Waals surface area (Å²) in [5.41, 5.74) is -0.894. The fourth-order valence-electron chi connectivity index (χ4n) is 2.26. The standard InChI is InChI=1S/C14H28N2O3/c1-14(18,8-10-19-2)11-16-13(17)7-6-12-5-3-4-9-15-12/h12,15,18H,3-11H2,1-2H3,(H,16,17). The third-order valence-corrected chi connectivity index (χ3v) is 3.64. The van der Waals surface area contributed by atoms with Crippen LogP contribution in [0.2, 0.25) is 0 Å². The van der Waals surface area contributed by atoms with E-state index in [1.165, 1.54) is 19.3 Å². The fraction of sp³-hybridized carbons (Fsp3) is 0.929. The smallest absolute Gasteiger partial charge is 0.220 e. The Morgan fingerprint density at radius 2 is 2.32 bits per heavy atom. The number of nitrogens with one attached hydrogen (secondary N) is 2. The van der Waals surface area contributed by atoms with E-state index in [0.717, 1.165) is 13.0 Å². The van der Waals surface area contributed by atoms with Crippen LogP contribution in [0.5, 0.6) is 0 Å². The highest BCUT2D eigenvalue weighted by Crippen LogP contribution is 2.12. The van der Waals surface area contributed by atoms with Gasteiger partial charge in [0, 0.05) is 39.1 Å². The zero-order valence-corrected chi connectivity index (χ0v) is 12.2. The van der Waals surface area contributed by atoms with Gasteiger partial charge in [0.1, 0.15) is 0 Å². The van der Waals surface area contributed by atoms with Crippen LogP contribution in [0.1, 0.15) is 45.4 Å². The Balaban J connectivity index is 2.12. The van der Waals surface area contributed by atoms with Gasteiger partial charge >= 0.3 is 0 Å². The minimum Gasteiger partial charge on any atom is -0.388 e. The molecule has 1 rings (SSSR count). The van der Waals surface area contributed by atoms with Gasteiger partial charge in [0.2, 0.25) is 5.91 Å². The Hall–Kier alpha value is -0.650. The molecule has 0 spiro atoms. The van der Waals surface area contributed by atoms with Gasteiger partial charge in [-0.15, -0.1) is 0 Å². The first-order valence-electron chi connectivity index (χ1n) is 7.25. The maximum absolute atomic E-state index is 11.7. The lowest BCUT2D eigenvalue weighted by atomic mass is 10.00. The van der Waals surface area contributed by atoms with Crippen LogP contribution in [0.25, 0.3) is 0 Å². The summed E-state index contributed by atoms with van der Waals surface area (Å²) in [5, 5.41) is 16.2. The first-order valence-corrected chi connectivity index (χ1v) is 7.25. The summed E-state index contributed by atoms with van der Waals surface area (Å²) < 4.78 is 4.93. The van der Waals surface area contributed by atoms with Crippen molar-refractivity contribution in [3.05, 3.63) is 0 Å². The molecule has 1 amide bonds. The first-order chi connectivity index (χ1) is 9.03. The van der Waals surface area contributed by atoms with Gasteiger partial charge in [-0.05, 0) is 32.7 Å². The second kappa shape index (κ2) is 8.51. The molecule has 1 fully saturated rings. The van der Waals surface area contributed by atoms with Crippen LogP contribution in [0.3, 0.4) is 0 Å². The molecule has 0 saturated carbocycles. The maximum Gasteiger partial charge on any atom is 0.220 e. The number of hydrogen-bond acceptors (Lipinski definition) is 4. The highest BCUT2D eigenvalue weighted by atomic mass is 16.5. The monoisotopic (exact) mass is 272 g/mol. The van der Waals surface area contributed by atoms with Crippen LogP contribution in [0.15, 0.2) is 0 Å². The van der Waals surface area contributed by atoms with Gasteiger partial charge in [-0.1, -0.05) is 6.42 Å². The Kier molecular flexibility index (Phi) is 7.34. The molecule has 3 N–H and O–H groups in total. The van der Waals surface area contributed by atoms with Crippen LogP contribution >= 0.6 is 0 Å². The number of carbonyl (C=O) groups is 1. The van der Waals surface area contributed by atoms with Crippen molar-refractivity contribution in [2.75, 3.05) is 26.8 Å². The third-order valence-electron chi connectivity index (χ3n) is 3.64. The number of hydrogen-bond donors (Lipinski definition) is 3. The molecule has 1 aliphatic rings. The summed E-state index contributed by atoms with van der Waals surface area (Å²) in [6.45, 7) is 3.56. The van der Waals surface area contributed by atoms with E-state index in [1.807, 2.05) is 0 Å². The number of rotatable bonds is 8. The van der Waals surface area contributed by atoms with Gasteiger partial charge in [0.25, 0.3) is 0 Å². The Morgan fingerprint density at radius 3 is 2.95 bits per heavy atom. The number of methoxy groups -OCH3 is 1. The summed E-state index contributed by atoms with van der Waals surface area (Å²) in [6.07, 6.45) is 5.59.